The zero-order chi connectivity index (χ0) is 18.4. The number of benzene rings is 2. The van der Waals surface area contributed by atoms with Crippen molar-refractivity contribution < 1.29 is 17.9 Å². The third-order valence-electron chi connectivity index (χ3n) is 3.24. The van der Waals surface area contributed by atoms with Crippen LogP contribution in [0.2, 0.25) is 5.02 Å². The maximum Gasteiger partial charge on any atom is 0.261 e. The van der Waals surface area contributed by atoms with Crippen LogP contribution in [0.5, 0.6) is 5.75 Å². The maximum absolute atomic E-state index is 12.4. The van der Waals surface area contributed by atoms with Crippen LogP contribution in [0, 0.1) is 0 Å². The molecule has 2 rings (SSSR count). The number of nitrogens with one attached hydrogen (secondary N) is 2. The molecule has 0 unspecified atom stereocenters. The predicted molar refractivity (Wildman–Crippen MR) is 97.8 cm³/mol. The summed E-state index contributed by atoms with van der Waals surface area (Å²) in [5.74, 6) is 0.186. The van der Waals surface area contributed by atoms with E-state index in [-0.39, 0.29) is 27.1 Å². The summed E-state index contributed by atoms with van der Waals surface area (Å²) >= 11 is 6.08. The van der Waals surface area contributed by atoms with Gasteiger partial charge < -0.3 is 10.1 Å². The molecule has 0 aromatic heterocycles. The molecule has 0 bridgehead atoms. The van der Waals surface area contributed by atoms with Gasteiger partial charge in [-0.05, 0) is 42.5 Å². The normalized spacial score (nSPS) is 10.8. The maximum atomic E-state index is 12.4. The van der Waals surface area contributed by atoms with Crippen molar-refractivity contribution in [3.8, 4) is 5.75 Å². The summed E-state index contributed by atoms with van der Waals surface area (Å²) in [6.07, 6.45) is 1.54. The topological polar surface area (TPSA) is 84.5 Å². The summed E-state index contributed by atoms with van der Waals surface area (Å²) in [6, 6.07) is 10.3. The Morgan fingerprint density at radius 1 is 1.24 bits per heavy atom. The lowest BCUT2D eigenvalue weighted by molar-refractivity contribution is 0.0958. The van der Waals surface area contributed by atoms with Crippen LogP contribution in [0.25, 0.3) is 0 Å². The highest BCUT2D eigenvalue weighted by molar-refractivity contribution is 7.92. The first-order valence-corrected chi connectivity index (χ1v) is 9.09. The first-order chi connectivity index (χ1) is 11.9. The Balaban J connectivity index is 2.20. The van der Waals surface area contributed by atoms with E-state index < -0.39 is 10.0 Å². The molecule has 0 saturated heterocycles. The lowest BCUT2D eigenvalue weighted by Gasteiger charge is -2.11. The molecule has 0 fully saturated rings. The summed E-state index contributed by atoms with van der Waals surface area (Å²) in [6.45, 7) is 3.82. The molecule has 0 saturated carbocycles. The highest BCUT2D eigenvalue weighted by atomic mass is 35.5. The monoisotopic (exact) mass is 380 g/mol. The fourth-order valence-corrected chi connectivity index (χ4v) is 3.31. The molecule has 2 aromatic rings. The van der Waals surface area contributed by atoms with Crippen LogP contribution >= 0.6 is 11.6 Å². The average molecular weight is 381 g/mol. The van der Waals surface area contributed by atoms with Crippen LogP contribution in [-0.2, 0) is 10.0 Å². The number of amides is 1. The molecule has 0 aliphatic carbocycles. The van der Waals surface area contributed by atoms with Crippen LogP contribution in [0.3, 0.4) is 0 Å². The van der Waals surface area contributed by atoms with Gasteiger partial charge in [0.2, 0.25) is 0 Å². The molecule has 2 aromatic carbocycles. The Labute approximate surface area is 151 Å². The van der Waals surface area contributed by atoms with Crippen LogP contribution < -0.4 is 14.8 Å². The van der Waals surface area contributed by atoms with Crippen LogP contribution in [0.1, 0.15) is 10.4 Å². The smallest absolute Gasteiger partial charge is 0.261 e. The number of sulfonamides is 1. The molecule has 8 heteroatoms. The van der Waals surface area contributed by atoms with Crippen molar-refractivity contribution in [1.29, 1.82) is 0 Å². The van der Waals surface area contributed by atoms with Gasteiger partial charge in [-0.3, -0.25) is 9.52 Å². The third-order valence-corrected chi connectivity index (χ3v) is 4.95. The Morgan fingerprint density at radius 2 is 1.92 bits per heavy atom. The number of anilines is 1. The van der Waals surface area contributed by atoms with Gasteiger partial charge in [0.25, 0.3) is 15.9 Å². The van der Waals surface area contributed by atoms with Crippen molar-refractivity contribution in [2.24, 2.45) is 0 Å². The Kier molecular flexibility index (Phi) is 6.06. The fourth-order valence-electron chi connectivity index (χ4n) is 1.99. The minimum absolute atomic E-state index is 0.0808. The number of rotatable bonds is 7. The van der Waals surface area contributed by atoms with Crippen molar-refractivity contribution >= 4 is 33.2 Å². The molecule has 0 aliphatic rings. The van der Waals surface area contributed by atoms with E-state index in [9.17, 15) is 13.2 Å². The number of carbonyl (C=O) groups is 1. The minimum atomic E-state index is -3.78. The molecule has 132 valence electrons. The SMILES string of the molecule is C=CCNC(=O)c1ccc(NS(=O)(=O)c2ccc(OC)cc2)cc1Cl. The number of hydrogen-bond donors (Lipinski definition) is 2. The van der Waals surface area contributed by atoms with Gasteiger partial charge in [0.15, 0.2) is 0 Å². The standard InChI is InChI=1S/C17H17ClN2O4S/c1-3-10-19-17(21)15-9-4-12(11-16(15)18)20-25(22,23)14-7-5-13(24-2)6-8-14/h3-9,11,20H,1,10H2,2H3,(H,19,21). The van der Waals surface area contributed by atoms with Gasteiger partial charge in [0.1, 0.15) is 5.75 Å². The Morgan fingerprint density at radius 3 is 2.48 bits per heavy atom. The number of methoxy groups -OCH3 is 1. The number of carbonyl (C=O) groups excluding carboxylic acids is 1. The van der Waals surface area contributed by atoms with Crippen molar-refractivity contribution in [2.75, 3.05) is 18.4 Å². The summed E-state index contributed by atoms with van der Waals surface area (Å²) in [5, 5.41) is 2.74. The second-order valence-corrected chi connectivity index (χ2v) is 7.06. The van der Waals surface area contributed by atoms with E-state index in [1.54, 1.807) is 18.2 Å². The quantitative estimate of drug-likeness (QED) is 0.723. The van der Waals surface area contributed by atoms with E-state index in [1.165, 1.54) is 37.4 Å². The second-order valence-electron chi connectivity index (χ2n) is 4.97. The van der Waals surface area contributed by atoms with Crippen molar-refractivity contribution in [3.05, 3.63) is 65.7 Å². The van der Waals surface area contributed by atoms with Crippen molar-refractivity contribution in [1.82, 2.24) is 5.32 Å². The van der Waals surface area contributed by atoms with Gasteiger partial charge >= 0.3 is 0 Å². The fraction of sp³-hybridized carbons (Fsp3) is 0.118. The van der Waals surface area contributed by atoms with Crippen LogP contribution in [-0.4, -0.2) is 28.0 Å². The summed E-state index contributed by atoms with van der Waals surface area (Å²) < 4.78 is 32.2. The van der Waals surface area contributed by atoms with E-state index in [4.69, 9.17) is 16.3 Å². The van der Waals surface area contributed by atoms with E-state index in [0.29, 0.717) is 12.3 Å². The Hall–Kier alpha value is -2.51. The summed E-state index contributed by atoms with van der Waals surface area (Å²) in [4.78, 5) is 12.0. The molecule has 25 heavy (non-hydrogen) atoms. The zero-order valence-corrected chi connectivity index (χ0v) is 15.0. The lowest BCUT2D eigenvalue weighted by Crippen LogP contribution is -2.23. The van der Waals surface area contributed by atoms with Gasteiger partial charge in [-0.15, -0.1) is 6.58 Å². The molecule has 0 spiro atoms. The van der Waals surface area contributed by atoms with Gasteiger partial charge in [-0.25, -0.2) is 8.42 Å². The molecule has 6 nitrogen and oxygen atoms in total. The minimum Gasteiger partial charge on any atom is -0.497 e. The van der Waals surface area contributed by atoms with Crippen molar-refractivity contribution in [3.63, 3.8) is 0 Å². The molecule has 0 atom stereocenters. The van der Waals surface area contributed by atoms with E-state index in [0.717, 1.165) is 0 Å². The van der Waals surface area contributed by atoms with Crippen LogP contribution in [0.4, 0.5) is 5.69 Å². The molecule has 1 amide bonds. The highest BCUT2D eigenvalue weighted by Gasteiger charge is 2.16. The molecule has 0 aliphatic heterocycles. The molecule has 0 heterocycles. The average Bonchev–Trinajstić information content (AvgIpc) is 2.59. The van der Waals surface area contributed by atoms with E-state index in [1.807, 2.05) is 0 Å². The molecule has 2 N–H and O–H groups in total. The zero-order valence-electron chi connectivity index (χ0n) is 13.5. The largest absolute Gasteiger partial charge is 0.497 e. The number of halogens is 1. The number of hydrogen-bond acceptors (Lipinski definition) is 4. The van der Waals surface area contributed by atoms with Gasteiger partial charge in [-0.1, -0.05) is 17.7 Å². The Bertz CT molecular complexity index is 880. The molecular weight excluding hydrogens is 364 g/mol. The summed E-state index contributed by atoms with van der Waals surface area (Å²) in [5.41, 5.74) is 0.497. The van der Waals surface area contributed by atoms with E-state index in [2.05, 4.69) is 16.6 Å². The molecular formula is C17H17ClN2O4S. The second kappa shape index (κ2) is 8.04. The first-order valence-electron chi connectivity index (χ1n) is 7.23. The summed E-state index contributed by atoms with van der Waals surface area (Å²) in [7, 11) is -2.28. The lowest BCUT2D eigenvalue weighted by atomic mass is 10.2. The highest BCUT2D eigenvalue weighted by Crippen LogP contribution is 2.24. The number of ether oxygens (including phenoxy) is 1. The van der Waals surface area contributed by atoms with Crippen molar-refractivity contribution in [2.45, 2.75) is 4.90 Å². The van der Waals surface area contributed by atoms with Gasteiger partial charge in [0, 0.05) is 6.54 Å². The van der Waals surface area contributed by atoms with Gasteiger partial charge in [0.05, 0.1) is 28.3 Å². The molecule has 0 radical (unpaired) electrons. The van der Waals surface area contributed by atoms with Crippen LogP contribution in [0.15, 0.2) is 60.0 Å². The van der Waals surface area contributed by atoms with E-state index >= 15 is 0 Å². The first kappa shape index (κ1) is 18.8. The third kappa shape index (κ3) is 4.74. The van der Waals surface area contributed by atoms with Gasteiger partial charge in [-0.2, -0.15) is 0 Å². The predicted octanol–water partition coefficient (Wildman–Crippen LogP) is 3.07.